The first-order chi connectivity index (χ1) is 8.83. The molecule has 2 rings (SSSR count). The van der Waals surface area contributed by atoms with Gasteiger partial charge in [-0.2, -0.15) is 0 Å². The summed E-state index contributed by atoms with van der Waals surface area (Å²) in [6.07, 6.45) is 2.82. The summed E-state index contributed by atoms with van der Waals surface area (Å²) in [7, 11) is 1.66. The Morgan fingerprint density at radius 3 is 2.61 bits per heavy atom. The van der Waals surface area contributed by atoms with Crippen LogP contribution in [0.5, 0.6) is 5.75 Å². The molecule has 0 amide bonds. The van der Waals surface area contributed by atoms with Crippen LogP contribution < -0.4 is 10.1 Å². The van der Waals surface area contributed by atoms with E-state index in [2.05, 4.69) is 22.2 Å². The van der Waals surface area contributed by atoms with Crippen molar-refractivity contribution in [2.75, 3.05) is 19.0 Å². The van der Waals surface area contributed by atoms with E-state index in [1.165, 1.54) is 0 Å². The third kappa shape index (κ3) is 2.97. The Kier molecular flexibility index (Phi) is 4.12. The van der Waals surface area contributed by atoms with Crippen molar-refractivity contribution in [3.05, 3.63) is 36.5 Å². The van der Waals surface area contributed by atoms with Crippen LogP contribution in [-0.4, -0.2) is 23.6 Å². The molecule has 0 spiro atoms. The van der Waals surface area contributed by atoms with Gasteiger partial charge >= 0.3 is 0 Å². The molecule has 0 saturated heterocycles. The van der Waals surface area contributed by atoms with Crippen LogP contribution >= 0.6 is 0 Å². The molecule has 0 fully saturated rings. The summed E-state index contributed by atoms with van der Waals surface area (Å²) in [5, 5.41) is 3.18. The van der Waals surface area contributed by atoms with Crippen molar-refractivity contribution in [1.82, 2.24) is 9.97 Å². The van der Waals surface area contributed by atoms with Crippen LogP contribution in [0.3, 0.4) is 0 Å². The second-order valence-electron chi connectivity index (χ2n) is 3.92. The van der Waals surface area contributed by atoms with E-state index in [1.807, 2.05) is 30.3 Å². The Morgan fingerprint density at radius 1 is 1.17 bits per heavy atom. The highest BCUT2D eigenvalue weighted by atomic mass is 16.5. The molecular formula is C14H17N3O. The molecule has 1 heterocycles. The molecule has 0 aliphatic rings. The molecule has 0 aliphatic heterocycles. The number of benzene rings is 1. The van der Waals surface area contributed by atoms with Gasteiger partial charge < -0.3 is 10.1 Å². The first-order valence-corrected chi connectivity index (χ1v) is 6.05. The zero-order valence-corrected chi connectivity index (χ0v) is 10.7. The Morgan fingerprint density at radius 2 is 1.94 bits per heavy atom. The molecule has 18 heavy (non-hydrogen) atoms. The number of nitrogens with one attached hydrogen (secondary N) is 1. The summed E-state index contributed by atoms with van der Waals surface area (Å²) in [6.45, 7) is 2.99. The zero-order valence-electron chi connectivity index (χ0n) is 10.7. The summed E-state index contributed by atoms with van der Waals surface area (Å²) < 4.78 is 5.14. The van der Waals surface area contributed by atoms with E-state index >= 15 is 0 Å². The molecule has 0 radical (unpaired) electrons. The first kappa shape index (κ1) is 12.4. The number of anilines is 1. The van der Waals surface area contributed by atoms with E-state index in [9.17, 15) is 0 Å². The van der Waals surface area contributed by atoms with E-state index < -0.39 is 0 Å². The van der Waals surface area contributed by atoms with Gasteiger partial charge in [-0.05, 0) is 36.8 Å². The van der Waals surface area contributed by atoms with Crippen LogP contribution in [0.1, 0.15) is 13.3 Å². The van der Waals surface area contributed by atoms with E-state index in [0.29, 0.717) is 5.95 Å². The van der Waals surface area contributed by atoms with Crippen molar-refractivity contribution >= 4 is 5.95 Å². The highest BCUT2D eigenvalue weighted by molar-refractivity contribution is 5.60. The molecule has 0 unspecified atom stereocenters. The van der Waals surface area contributed by atoms with Gasteiger partial charge in [-0.3, -0.25) is 0 Å². The van der Waals surface area contributed by atoms with Crippen LogP contribution in [0.15, 0.2) is 36.5 Å². The van der Waals surface area contributed by atoms with Gasteiger partial charge in [0, 0.05) is 18.3 Å². The molecule has 94 valence electrons. The van der Waals surface area contributed by atoms with Crippen LogP contribution in [0.4, 0.5) is 5.95 Å². The number of hydrogen-bond donors (Lipinski definition) is 1. The minimum atomic E-state index is 0.671. The fraction of sp³-hybridized carbons (Fsp3) is 0.286. The van der Waals surface area contributed by atoms with Crippen LogP contribution in [0, 0.1) is 0 Å². The number of nitrogens with zero attached hydrogens (tertiary/aromatic N) is 2. The van der Waals surface area contributed by atoms with Crippen LogP contribution in [0.25, 0.3) is 11.3 Å². The lowest BCUT2D eigenvalue weighted by Gasteiger charge is -2.06. The van der Waals surface area contributed by atoms with E-state index in [-0.39, 0.29) is 0 Å². The standard InChI is InChI=1S/C14H17N3O/c1-3-9-15-14-16-10-8-13(17-14)11-4-6-12(18-2)7-5-11/h4-8,10H,3,9H2,1-2H3,(H,15,16,17). The molecule has 0 bridgehead atoms. The van der Waals surface area contributed by atoms with Gasteiger partial charge in [-0.1, -0.05) is 6.92 Å². The quantitative estimate of drug-likeness (QED) is 0.877. The normalized spacial score (nSPS) is 10.1. The molecule has 0 aliphatic carbocycles. The van der Waals surface area contributed by atoms with Crippen molar-refractivity contribution in [1.29, 1.82) is 0 Å². The fourth-order valence-electron chi connectivity index (χ4n) is 1.60. The van der Waals surface area contributed by atoms with Gasteiger partial charge in [0.15, 0.2) is 0 Å². The smallest absolute Gasteiger partial charge is 0.223 e. The summed E-state index contributed by atoms with van der Waals surface area (Å²) in [6, 6.07) is 9.74. The van der Waals surface area contributed by atoms with Gasteiger partial charge in [0.25, 0.3) is 0 Å². The third-order valence-corrected chi connectivity index (χ3v) is 2.57. The number of methoxy groups -OCH3 is 1. The van der Waals surface area contributed by atoms with Crippen LogP contribution in [-0.2, 0) is 0 Å². The molecule has 4 nitrogen and oxygen atoms in total. The Bertz CT molecular complexity index is 497. The maximum atomic E-state index is 5.14. The van der Waals surface area contributed by atoms with Gasteiger partial charge in [-0.25, -0.2) is 9.97 Å². The second-order valence-corrected chi connectivity index (χ2v) is 3.92. The summed E-state index contributed by atoms with van der Waals surface area (Å²) in [4.78, 5) is 8.66. The van der Waals surface area contributed by atoms with Crippen molar-refractivity contribution in [3.63, 3.8) is 0 Å². The average Bonchev–Trinajstić information content (AvgIpc) is 2.45. The molecule has 0 atom stereocenters. The molecule has 1 aromatic heterocycles. The third-order valence-electron chi connectivity index (χ3n) is 2.57. The van der Waals surface area contributed by atoms with Gasteiger partial charge in [0.05, 0.1) is 12.8 Å². The average molecular weight is 243 g/mol. The highest BCUT2D eigenvalue weighted by Gasteiger charge is 2.02. The molecule has 1 aromatic carbocycles. The highest BCUT2D eigenvalue weighted by Crippen LogP contribution is 2.20. The van der Waals surface area contributed by atoms with Crippen molar-refractivity contribution in [2.24, 2.45) is 0 Å². The molecule has 0 saturated carbocycles. The lowest BCUT2D eigenvalue weighted by atomic mass is 10.1. The number of rotatable bonds is 5. The number of aromatic nitrogens is 2. The van der Waals surface area contributed by atoms with Gasteiger partial charge in [-0.15, -0.1) is 0 Å². The Balaban J connectivity index is 2.20. The Hall–Kier alpha value is -2.10. The van der Waals surface area contributed by atoms with E-state index in [0.717, 1.165) is 30.0 Å². The van der Waals surface area contributed by atoms with E-state index in [1.54, 1.807) is 13.3 Å². The predicted octanol–water partition coefficient (Wildman–Crippen LogP) is 2.97. The first-order valence-electron chi connectivity index (χ1n) is 6.05. The van der Waals surface area contributed by atoms with Crippen molar-refractivity contribution < 1.29 is 4.74 Å². The van der Waals surface area contributed by atoms with Crippen molar-refractivity contribution in [2.45, 2.75) is 13.3 Å². The maximum absolute atomic E-state index is 5.14. The second kappa shape index (κ2) is 6.00. The maximum Gasteiger partial charge on any atom is 0.223 e. The zero-order chi connectivity index (χ0) is 12.8. The SMILES string of the molecule is CCCNc1nccc(-c2ccc(OC)cc2)n1. The minimum Gasteiger partial charge on any atom is -0.497 e. The fourth-order valence-corrected chi connectivity index (χ4v) is 1.60. The number of ether oxygens (including phenoxy) is 1. The molecule has 2 aromatic rings. The largest absolute Gasteiger partial charge is 0.497 e. The topological polar surface area (TPSA) is 47.0 Å². The molecule has 1 N–H and O–H groups in total. The monoisotopic (exact) mass is 243 g/mol. The summed E-state index contributed by atoms with van der Waals surface area (Å²) in [5.41, 5.74) is 1.96. The van der Waals surface area contributed by atoms with E-state index in [4.69, 9.17) is 4.74 Å². The molecule has 4 heteroatoms. The summed E-state index contributed by atoms with van der Waals surface area (Å²) in [5.74, 6) is 1.52. The molecular weight excluding hydrogens is 226 g/mol. The number of hydrogen-bond acceptors (Lipinski definition) is 4. The van der Waals surface area contributed by atoms with Crippen LogP contribution in [0.2, 0.25) is 0 Å². The minimum absolute atomic E-state index is 0.671. The predicted molar refractivity (Wildman–Crippen MR) is 72.8 cm³/mol. The Labute approximate surface area is 107 Å². The lowest BCUT2D eigenvalue weighted by Crippen LogP contribution is -2.04. The lowest BCUT2D eigenvalue weighted by molar-refractivity contribution is 0.415. The summed E-state index contributed by atoms with van der Waals surface area (Å²) >= 11 is 0. The van der Waals surface area contributed by atoms with Gasteiger partial charge in [0.2, 0.25) is 5.95 Å². The van der Waals surface area contributed by atoms with Crippen molar-refractivity contribution in [3.8, 4) is 17.0 Å². The van der Waals surface area contributed by atoms with Gasteiger partial charge in [0.1, 0.15) is 5.75 Å².